The van der Waals surface area contributed by atoms with Gasteiger partial charge >= 0.3 is 6.18 Å². The molecule has 0 bridgehead atoms. The number of hydrogen-bond donors (Lipinski definition) is 1. The van der Waals surface area contributed by atoms with E-state index in [1.165, 1.54) is 6.07 Å². The number of amides is 1. The summed E-state index contributed by atoms with van der Waals surface area (Å²) in [7, 11) is 0. The fraction of sp³-hybridized carbons (Fsp3) is 0.400. The molecule has 1 aromatic carbocycles. The summed E-state index contributed by atoms with van der Waals surface area (Å²) >= 11 is 0. The van der Waals surface area contributed by atoms with Gasteiger partial charge in [0.2, 0.25) is 5.91 Å². The lowest BCUT2D eigenvalue weighted by atomic mass is 9.84. The molecule has 3 heterocycles. The van der Waals surface area contributed by atoms with Crippen molar-refractivity contribution in [3.8, 4) is 0 Å². The van der Waals surface area contributed by atoms with Gasteiger partial charge in [-0.05, 0) is 60.7 Å². The molecule has 2 aliphatic rings. The predicted octanol–water partition coefficient (Wildman–Crippen LogP) is 3.56. The van der Waals surface area contributed by atoms with Gasteiger partial charge in [0.05, 0.1) is 11.5 Å². The van der Waals surface area contributed by atoms with Crippen LogP contribution in [-0.2, 0) is 23.9 Å². The van der Waals surface area contributed by atoms with Crippen LogP contribution in [0.1, 0.15) is 29.5 Å². The summed E-state index contributed by atoms with van der Waals surface area (Å²) in [5.41, 5.74) is 1.72. The van der Waals surface area contributed by atoms with Crippen LogP contribution in [0.15, 0.2) is 42.7 Å². The minimum absolute atomic E-state index is 0.0478. The molecule has 27 heavy (non-hydrogen) atoms. The lowest BCUT2D eigenvalue weighted by Gasteiger charge is -2.39. The van der Waals surface area contributed by atoms with E-state index in [4.69, 9.17) is 0 Å². The Bertz CT molecular complexity index is 838. The second-order valence-electron chi connectivity index (χ2n) is 7.13. The summed E-state index contributed by atoms with van der Waals surface area (Å²) in [5, 5.41) is 2.94. The first-order chi connectivity index (χ1) is 12.9. The molecule has 1 N–H and O–H groups in total. The van der Waals surface area contributed by atoms with Crippen molar-refractivity contribution in [2.45, 2.75) is 38.0 Å². The molecule has 4 nitrogen and oxygen atoms in total. The average Bonchev–Trinajstić information content (AvgIpc) is 3.15. The monoisotopic (exact) mass is 375 g/mol. The van der Waals surface area contributed by atoms with Gasteiger partial charge in [0.1, 0.15) is 0 Å². The third-order valence-corrected chi connectivity index (χ3v) is 5.47. The van der Waals surface area contributed by atoms with Crippen LogP contribution >= 0.6 is 0 Å². The highest BCUT2D eigenvalue weighted by Gasteiger charge is 2.42. The fourth-order valence-electron chi connectivity index (χ4n) is 4.18. The van der Waals surface area contributed by atoms with E-state index in [9.17, 15) is 18.0 Å². The maximum atomic E-state index is 13.1. The number of rotatable bonds is 3. The number of alkyl halides is 3. The Morgan fingerprint density at radius 2 is 2.00 bits per heavy atom. The van der Waals surface area contributed by atoms with Crippen LogP contribution < -0.4 is 10.2 Å². The summed E-state index contributed by atoms with van der Waals surface area (Å²) in [4.78, 5) is 18.9. The van der Waals surface area contributed by atoms with Crippen molar-refractivity contribution in [1.82, 2.24) is 10.3 Å². The number of fused-ring (bicyclic) bond motifs is 3. The number of anilines is 1. The van der Waals surface area contributed by atoms with Crippen molar-refractivity contribution in [3.63, 3.8) is 0 Å². The second-order valence-corrected chi connectivity index (χ2v) is 7.13. The summed E-state index contributed by atoms with van der Waals surface area (Å²) in [6.45, 7) is 1.16. The van der Waals surface area contributed by atoms with Crippen molar-refractivity contribution in [2.75, 3.05) is 11.4 Å². The van der Waals surface area contributed by atoms with Crippen molar-refractivity contribution in [2.24, 2.45) is 5.92 Å². The topological polar surface area (TPSA) is 45.2 Å². The van der Waals surface area contributed by atoms with E-state index in [1.807, 2.05) is 12.1 Å². The van der Waals surface area contributed by atoms with E-state index in [0.717, 1.165) is 36.7 Å². The smallest absolute Gasteiger partial charge is 0.368 e. The predicted molar refractivity (Wildman–Crippen MR) is 95.1 cm³/mol. The highest BCUT2D eigenvalue weighted by atomic mass is 19.4. The third-order valence-electron chi connectivity index (χ3n) is 5.47. The van der Waals surface area contributed by atoms with E-state index in [2.05, 4.69) is 15.2 Å². The number of nitrogens with one attached hydrogen (secondary N) is 1. The molecule has 2 aliphatic heterocycles. The first-order valence-electron chi connectivity index (χ1n) is 9.07. The van der Waals surface area contributed by atoms with Gasteiger partial charge < -0.3 is 10.2 Å². The summed E-state index contributed by atoms with van der Waals surface area (Å²) in [5.74, 6) is -0.447. The van der Waals surface area contributed by atoms with Gasteiger partial charge in [0.15, 0.2) is 0 Å². The number of carbonyl (C=O) groups is 1. The zero-order valence-corrected chi connectivity index (χ0v) is 14.7. The maximum absolute atomic E-state index is 13.1. The van der Waals surface area contributed by atoms with Gasteiger partial charge in [-0.25, -0.2) is 0 Å². The maximum Gasteiger partial charge on any atom is 0.416 e. The number of nitrogens with zero attached hydrogens (tertiary/aromatic N) is 2. The molecule has 0 aliphatic carbocycles. The fourth-order valence-corrected chi connectivity index (χ4v) is 4.18. The number of carbonyl (C=O) groups excluding carboxylic acids is 1. The minimum atomic E-state index is -4.38. The number of pyridine rings is 1. The molecule has 1 amide bonds. The SMILES string of the molecule is O=C(NCc1ccncc1)C1Cc2cc(C(F)(F)F)ccc2N2CCCC12. The number of halogens is 3. The summed E-state index contributed by atoms with van der Waals surface area (Å²) < 4.78 is 39.3. The van der Waals surface area contributed by atoms with Gasteiger partial charge in [0, 0.05) is 37.2 Å². The normalized spacial score (nSPS) is 21.5. The Balaban J connectivity index is 1.56. The first kappa shape index (κ1) is 17.8. The zero-order chi connectivity index (χ0) is 19.0. The largest absolute Gasteiger partial charge is 0.416 e. The third kappa shape index (κ3) is 3.50. The van der Waals surface area contributed by atoms with Crippen LogP contribution in [0.5, 0.6) is 0 Å². The molecule has 1 aromatic heterocycles. The van der Waals surface area contributed by atoms with Crippen LogP contribution in [0.25, 0.3) is 0 Å². The Labute approximate surface area is 155 Å². The standard InChI is InChI=1S/C20H20F3N3O/c21-20(22,23)15-3-4-17-14(10-15)11-16(18-2-1-9-26(17)18)19(27)25-12-13-5-7-24-8-6-13/h3-8,10,16,18H,1-2,9,11-12H2,(H,25,27). The molecule has 0 radical (unpaired) electrons. The molecule has 2 atom stereocenters. The van der Waals surface area contributed by atoms with E-state index in [0.29, 0.717) is 18.5 Å². The second kappa shape index (κ2) is 6.87. The first-order valence-corrected chi connectivity index (χ1v) is 9.07. The molecule has 2 aromatic rings. The lowest BCUT2D eigenvalue weighted by molar-refractivity contribution is -0.137. The van der Waals surface area contributed by atoms with Crippen LogP contribution in [0.3, 0.4) is 0 Å². The van der Waals surface area contributed by atoms with Gasteiger partial charge in [-0.15, -0.1) is 0 Å². The van der Waals surface area contributed by atoms with Crippen LogP contribution in [0.4, 0.5) is 18.9 Å². The Hall–Kier alpha value is -2.57. The summed E-state index contributed by atoms with van der Waals surface area (Å²) in [6, 6.07) is 7.60. The average molecular weight is 375 g/mol. The molecule has 1 saturated heterocycles. The Morgan fingerprint density at radius 3 is 2.74 bits per heavy atom. The highest BCUT2D eigenvalue weighted by molar-refractivity contribution is 5.82. The molecule has 1 fully saturated rings. The van der Waals surface area contributed by atoms with E-state index < -0.39 is 11.7 Å². The highest BCUT2D eigenvalue weighted by Crippen LogP contribution is 2.41. The number of benzene rings is 1. The minimum Gasteiger partial charge on any atom is -0.368 e. The van der Waals surface area contributed by atoms with Crippen LogP contribution in [0.2, 0.25) is 0 Å². The van der Waals surface area contributed by atoms with Gasteiger partial charge in [-0.1, -0.05) is 0 Å². The van der Waals surface area contributed by atoms with Crippen molar-refractivity contribution in [3.05, 3.63) is 59.4 Å². The lowest BCUT2D eigenvalue weighted by Crippen LogP contribution is -2.48. The molecule has 142 valence electrons. The van der Waals surface area contributed by atoms with Gasteiger partial charge in [-0.2, -0.15) is 13.2 Å². The Kier molecular flexibility index (Phi) is 4.53. The van der Waals surface area contributed by atoms with Crippen molar-refractivity contribution < 1.29 is 18.0 Å². The molecular formula is C20H20F3N3O. The van der Waals surface area contributed by atoms with E-state index in [-0.39, 0.29) is 17.9 Å². The van der Waals surface area contributed by atoms with Gasteiger partial charge in [0.25, 0.3) is 0 Å². The number of aromatic nitrogens is 1. The Morgan fingerprint density at radius 1 is 1.22 bits per heavy atom. The van der Waals surface area contributed by atoms with Crippen LogP contribution in [-0.4, -0.2) is 23.5 Å². The zero-order valence-electron chi connectivity index (χ0n) is 14.7. The molecule has 7 heteroatoms. The van der Waals surface area contributed by atoms with Crippen molar-refractivity contribution in [1.29, 1.82) is 0 Å². The molecule has 0 spiro atoms. The number of hydrogen-bond acceptors (Lipinski definition) is 3. The molecular weight excluding hydrogens is 355 g/mol. The van der Waals surface area contributed by atoms with Crippen LogP contribution in [0, 0.1) is 5.92 Å². The van der Waals surface area contributed by atoms with E-state index >= 15 is 0 Å². The summed E-state index contributed by atoms with van der Waals surface area (Å²) in [6.07, 6.45) is 1.11. The molecule has 0 saturated carbocycles. The van der Waals surface area contributed by atoms with Gasteiger partial charge in [-0.3, -0.25) is 9.78 Å². The molecule has 2 unspecified atom stereocenters. The quantitative estimate of drug-likeness (QED) is 0.892. The van der Waals surface area contributed by atoms with Crippen molar-refractivity contribution >= 4 is 11.6 Å². The van der Waals surface area contributed by atoms with E-state index in [1.54, 1.807) is 18.5 Å². The molecule has 4 rings (SSSR count).